The summed E-state index contributed by atoms with van der Waals surface area (Å²) in [4.78, 5) is 23.9. The van der Waals surface area contributed by atoms with Gasteiger partial charge in [0.1, 0.15) is 0 Å². The first-order valence-electron chi connectivity index (χ1n) is 7.98. The van der Waals surface area contributed by atoms with Crippen molar-refractivity contribution in [1.29, 1.82) is 5.26 Å². The number of amides is 1. The van der Waals surface area contributed by atoms with Gasteiger partial charge >= 0.3 is 5.97 Å². The molecular formula is C19H18N2O5. The van der Waals surface area contributed by atoms with Crippen LogP contribution in [0.5, 0.6) is 11.5 Å². The molecule has 0 aliphatic rings. The number of ether oxygens (including phenoxy) is 2. The molecule has 0 fully saturated rings. The van der Waals surface area contributed by atoms with E-state index in [0.717, 1.165) is 0 Å². The molecule has 0 unspecified atom stereocenters. The average molecular weight is 354 g/mol. The SMILES string of the molecule is CCOc1ccc(C(=O)Nc2ccc(C#N)cc2C(=O)O)cc1OCC. The van der Waals surface area contributed by atoms with Crippen LogP contribution < -0.4 is 14.8 Å². The maximum absolute atomic E-state index is 12.5. The van der Waals surface area contributed by atoms with Crippen LogP contribution in [0.2, 0.25) is 0 Å². The van der Waals surface area contributed by atoms with E-state index in [4.69, 9.17) is 14.7 Å². The number of hydrogen-bond acceptors (Lipinski definition) is 5. The predicted molar refractivity (Wildman–Crippen MR) is 94.8 cm³/mol. The van der Waals surface area contributed by atoms with Crippen LogP contribution in [0.15, 0.2) is 36.4 Å². The summed E-state index contributed by atoms with van der Waals surface area (Å²) in [5.74, 6) is -0.781. The third kappa shape index (κ3) is 4.30. The van der Waals surface area contributed by atoms with Crippen LogP contribution in [-0.4, -0.2) is 30.2 Å². The fourth-order valence-electron chi connectivity index (χ4n) is 2.29. The molecule has 7 heteroatoms. The molecule has 0 bridgehead atoms. The molecule has 0 radical (unpaired) electrons. The number of benzene rings is 2. The summed E-state index contributed by atoms with van der Waals surface area (Å²) < 4.78 is 10.9. The largest absolute Gasteiger partial charge is 0.490 e. The molecule has 2 rings (SSSR count). The first-order chi connectivity index (χ1) is 12.5. The highest BCUT2D eigenvalue weighted by Crippen LogP contribution is 2.29. The number of anilines is 1. The molecule has 0 saturated heterocycles. The predicted octanol–water partition coefficient (Wildman–Crippen LogP) is 3.31. The molecule has 0 aromatic heterocycles. The van der Waals surface area contributed by atoms with Crippen LogP contribution in [0, 0.1) is 11.3 Å². The molecule has 134 valence electrons. The highest BCUT2D eigenvalue weighted by Gasteiger charge is 2.16. The summed E-state index contributed by atoms with van der Waals surface area (Å²) in [6.07, 6.45) is 0. The molecule has 0 spiro atoms. The summed E-state index contributed by atoms with van der Waals surface area (Å²) in [6.45, 7) is 4.52. The van der Waals surface area contributed by atoms with Gasteiger partial charge in [-0.1, -0.05) is 0 Å². The number of carbonyl (C=O) groups excluding carboxylic acids is 1. The molecule has 0 aliphatic heterocycles. The number of hydrogen-bond donors (Lipinski definition) is 2. The lowest BCUT2D eigenvalue weighted by Crippen LogP contribution is -2.15. The van der Waals surface area contributed by atoms with Gasteiger partial charge < -0.3 is 19.9 Å². The van der Waals surface area contributed by atoms with E-state index >= 15 is 0 Å². The maximum Gasteiger partial charge on any atom is 0.337 e. The molecule has 2 aromatic rings. The van der Waals surface area contributed by atoms with Gasteiger partial charge in [0.25, 0.3) is 5.91 Å². The highest BCUT2D eigenvalue weighted by molar-refractivity contribution is 6.08. The summed E-state index contributed by atoms with van der Waals surface area (Å²) in [5.41, 5.74) is 0.430. The van der Waals surface area contributed by atoms with Crippen molar-refractivity contribution in [2.24, 2.45) is 0 Å². The van der Waals surface area contributed by atoms with E-state index in [0.29, 0.717) is 24.7 Å². The molecule has 0 saturated carbocycles. The van der Waals surface area contributed by atoms with Gasteiger partial charge in [-0.3, -0.25) is 4.79 Å². The first kappa shape index (κ1) is 18.8. The van der Waals surface area contributed by atoms with Crippen LogP contribution in [0.4, 0.5) is 5.69 Å². The van der Waals surface area contributed by atoms with Crippen LogP contribution >= 0.6 is 0 Å². The van der Waals surface area contributed by atoms with Crippen LogP contribution in [-0.2, 0) is 0 Å². The Morgan fingerprint density at radius 2 is 1.77 bits per heavy atom. The Hall–Kier alpha value is -3.53. The van der Waals surface area contributed by atoms with E-state index in [2.05, 4.69) is 5.32 Å². The van der Waals surface area contributed by atoms with E-state index in [1.807, 2.05) is 19.9 Å². The van der Waals surface area contributed by atoms with Crippen LogP contribution in [0.25, 0.3) is 0 Å². The van der Waals surface area contributed by atoms with E-state index in [1.165, 1.54) is 24.3 Å². The molecular weight excluding hydrogens is 336 g/mol. The Morgan fingerprint density at radius 3 is 2.38 bits per heavy atom. The topological polar surface area (TPSA) is 109 Å². The fraction of sp³-hybridized carbons (Fsp3) is 0.211. The van der Waals surface area contributed by atoms with Crippen molar-refractivity contribution in [2.45, 2.75) is 13.8 Å². The summed E-state index contributed by atoms with van der Waals surface area (Å²) in [5, 5.41) is 20.7. The normalized spacial score (nSPS) is 9.88. The number of carbonyl (C=O) groups is 2. The van der Waals surface area contributed by atoms with Crippen molar-refractivity contribution in [3.8, 4) is 17.6 Å². The van der Waals surface area contributed by atoms with E-state index in [-0.39, 0.29) is 22.4 Å². The van der Waals surface area contributed by atoms with Crippen LogP contribution in [0.1, 0.15) is 40.1 Å². The zero-order valence-electron chi connectivity index (χ0n) is 14.4. The smallest absolute Gasteiger partial charge is 0.337 e. The second kappa shape index (κ2) is 8.53. The minimum atomic E-state index is -1.24. The van der Waals surface area contributed by atoms with Crippen molar-refractivity contribution < 1.29 is 24.2 Å². The molecule has 7 nitrogen and oxygen atoms in total. The van der Waals surface area contributed by atoms with Gasteiger partial charge in [0.05, 0.1) is 36.1 Å². The summed E-state index contributed by atoms with van der Waals surface area (Å²) in [7, 11) is 0. The number of nitriles is 1. The van der Waals surface area contributed by atoms with Gasteiger partial charge in [-0.25, -0.2) is 4.79 Å². The number of nitrogens with zero attached hydrogens (tertiary/aromatic N) is 1. The molecule has 0 aliphatic carbocycles. The first-order valence-corrected chi connectivity index (χ1v) is 7.98. The van der Waals surface area contributed by atoms with Crippen molar-refractivity contribution in [3.63, 3.8) is 0 Å². The van der Waals surface area contributed by atoms with Crippen molar-refractivity contribution in [3.05, 3.63) is 53.1 Å². The Labute approximate surface area is 150 Å². The van der Waals surface area contributed by atoms with Gasteiger partial charge in [-0.05, 0) is 50.2 Å². The van der Waals surface area contributed by atoms with Crippen molar-refractivity contribution >= 4 is 17.6 Å². The lowest BCUT2D eigenvalue weighted by Gasteiger charge is -2.13. The molecule has 0 heterocycles. The zero-order chi connectivity index (χ0) is 19.1. The second-order valence-electron chi connectivity index (χ2n) is 5.16. The number of nitrogens with one attached hydrogen (secondary N) is 1. The number of rotatable bonds is 7. The third-order valence-corrected chi connectivity index (χ3v) is 3.43. The Kier molecular flexibility index (Phi) is 6.17. The minimum absolute atomic E-state index is 0.105. The number of aromatic carboxylic acids is 1. The Bertz CT molecular complexity index is 871. The third-order valence-electron chi connectivity index (χ3n) is 3.43. The van der Waals surface area contributed by atoms with Crippen molar-refractivity contribution in [2.75, 3.05) is 18.5 Å². The van der Waals surface area contributed by atoms with E-state index in [1.54, 1.807) is 12.1 Å². The zero-order valence-corrected chi connectivity index (χ0v) is 14.4. The molecule has 1 amide bonds. The van der Waals surface area contributed by atoms with Gasteiger partial charge in [0.2, 0.25) is 0 Å². The van der Waals surface area contributed by atoms with E-state index < -0.39 is 11.9 Å². The lowest BCUT2D eigenvalue weighted by molar-refractivity contribution is 0.0698. The molecule has 2 N–H and O–H groups in total. The minimum Gasteiger partial charge on any atom is -0.490 e. The van der Waals surface area contributed by atoms with Gasteiger partial charge in [-0.15, -0.1) is 0 Å². The van der Waals surface area contributed by atoms with Crippen LogP contribution in [0.3, 0.4) is 0 Å². The fourth-order valence-corrected chi connectivity index (χ4v) is 2.29. The standard InChI is InChI=1S/C19H18N2O5/c1-3-25-16-8-6-13(10-17(16)26-4-2)18(22)21-15-7-5-12(11-20)9-14(15)19(23)24/h5-10H,3-4H2,1-2H3,(H,21,22)(H,23,24). The summed E-state index contributed by atoms with van der Waals surface area (Å²) in [6, 6.07) is 10.6. The lowest BCUT2D eigenvalue weighted by atomic mass is 10.1. The van der Waals surface area contributed by atoms with Crippen molar-refractivity contribution in [1.82, 2.24) is 0 Å². The quantitative estimate of drug-likeness (QED) is 0.789. The highest BCUT2D eigenvalue weighted by atomic mass is 16.5. The second-order valence-corrected chi connectivity index (χ2v) is 5.16. The van der Waals surface area contributed by atoms with Gasteiger partial charge in [-0.2, -0.15) is 5.26 Å². The Morgan fingerprint density at radius 1 is 1.08 bits per heavy atom. The van der Waals surface area contributed by atoms with Gasteiger partial charge in [0, 0.05) is 5.56 Å². The monoisotopic (exact) mass is 354 g/mol. The Balaban J connectivity index is 2.32. The maximum atomic E-state index is 12.5. The summed E-state index contributed by atoms with van der Waals surface area (Å²) >= 11 is 0. The van der Waals surface area contributed by atoms with E-state index in [9.17, 15) is 14.7 Å². The van der Waals surface area contributed by atoms with Gasteiger partial charge in [0.15, 0.2) is 11.5 Å². The average Bonchev–Trinajstić information content (AvgIpc) is 2.63. The molecule has 26 heavy (non-hydrogen) atoms. The molecule has 2 aromatic carbocycles. The number of carboxylic acids is 1. The number of carboxylic acid groups (broad SMARTS) is 1. The molecule has 0 atom stereocenters.